The molecule has 0 spiro atoms. The summed E-state index contributed by atoms with van der Waals surface area (Å²) in [4.78, 5) is 17.0. The van der Waals surface area contributed by atoms with Gasteiger partial charge in [-0.1, -0.05) is 6.92 Å². The van der Waals surface area contributed by atoms with Crippen molar-refractivity contribution in [1.29, 1.82) is 0 Å². The molecule has 2 aromatic heterocycles. The lowest BCUT2D eigenvalue weighted by molar-refractivity contribution is 0.809. The first kappa shape index (κ1) is 12.7. The second kappa shape index (κ2) is 6.27. The number of nitrogens with zero attached hydrogens (tertiary/aromatic N) is 4. The zero-order chi connectivity index (χ0) is 12.8. The van der Waals surface area contributed by atoms with Crippen molar-refractivity contribution in [3.63, 3.8) is 0 Å². The van der Waals surface area contributed by atoms with Crippen LogP contribution in [-0.4, -0.2) is 19.9 Å². The van der Waals surface area contributed by atoms with Gasteiger partial charge in [-0.25, -0.2) is 25.8 Å². The molecule has 0 radical (unpaired) electrons. The molecule has 0 saturated carbocycles. The third kappa shape index (κ3) is 3.38. The van der Waals surface area contributed by atoms with Gasteiger partial charge in [0.05, 0.1) is 0 Å². The molecule has 0 unspecified atom stereocenters. The van der Waals surface area contributed by atoms with Crippen molar-refractivity contribution >= 4 is 17.6 Å². The summed E-state index contributed by atoms with van der Waals surface area (Å²) in [6, 6.07) is 3.56. The highest BCUT2D eigenvalue weighted by molar-refractivity contribution is 7.99. The Balaban J connectivity index is 2.24. The number of hydrazine groups is 1. The van der Waals surface area contributed by atoms with E-state index in [-0.39, 0.29) is 0 Å². The zero-order valence-corrected chi connectivity index (χ0v) is 10.8. The summed E-state index contributed by atoms with van der Waals surface area (Å²) < 4.78 is 0. The molecule has 2 rings (SSSR count). The predicted molar refractivity (Wildman–Crippen MR) is 70.0 cm³/mol. The Morgan fingerprint density at radius 3 is 2.72 bits per heavy atom. The molecular formula is C11H14N6S. The van der Waals surface area contributed by atoms with Crippen molar-refractivity contribution in [3.05, 3.63) is 30.4 Å². The molecule has 0 aliphatic rings. The molecule has 2 heterocycles. The van der Waals surface area contributed by atoms with E-state index < -0.39 is 0 Å². The maximum absolute atomic E-state index is 5.40. The maximum atomic E-state index is 5.40. The minimum Gasteiger partial charge on any atom is -0.308 e. The van der Waals surface area contributed by atoms with E-state index >= 15 is 0 Å². The van der Waals surface area contributed by atoms with Gasteiger partial charge in [0.25, 0.3) is 0 Å². The Labute approximate surface area is 109 Å². The minimum atomic E-state index is 0.604. The number of aryl methyl sites for hydroxylation is 1. The van der Waals surface area contributed by atoms with Gasteiger partial charge in [-0.05, 0) is 24.2 Å². The standard InChI is InChI=1S/C11H14N6S/c1-2-4-8-15-9(17-12)7-10(16-8)18-11-13-5-3-6-14-11/h3,5-7H,2,4,12H2,1H3,(H,15,16,17). The van der Waals surface area contributed by atoms with E-state index in [0.29, 0.717) is 11.0 Å². The van der Waals surface area contributed by atoms with Crippen LogP contribution in [0.25, 0.3) is 0 Å². The third-order valence-corrected chi connectivity index (χ3v) is 2.92. The van der Waals surface area contributed by atoms with Crippen LogP contribution < -0.4 is 11.3 Å². The molecule has 2 aromatic rings. The van der Waals surface area contributed by atoms with E-state index in [0.717, 1.165) is 23.7 Å². The second-order valence-electron chi connectivity index (χ2n) is 3.54. The van der Waals surface area contributed by atoms with Crippen molar-refractivity contribution in [2.75, 3.05) is 5.43 Å². The molecule has 94 valence electrons. The van der Waals surface area contributed by atoms with Crippen LogP contribution in [0.3, 0.4) is 0 Å². The van der Waals surface area contributed by atoms with Crippen LogP contribution in [0.15, 0.2) is 34.7 Å². The quantitative estimate of drug-likeness (QED) is 0.366. The summed E-state index contributed by atoms with van der Waals surface area (Å²) in [5, 5.41) is 1.44. The van der Waals surface area contributed by atoms with Crippen LogP contribution in [0, 0.1) is 0 Å². The highest BCUT2D eigenvalue weighted by Gasteiger charge is 2.06. The van der Waals surface area contributed by atoms with Gasteiger partial charge in [0.1, 0.15) is 16.7 Å². The van der Waals surface area contributed by atoms with Crippen LogP contribution in [0.5, 0.6) is 0 Å². The predicted octanol–water partition coefficient (Wildman–Crippen LogP) is 1.66. The number of aromatic nitrogens is 4. The van der Waals surface area contributed by atoms with Crippen molar-refractivity contribution in [3.8, 4) is 0 Å². The molecule has 0 amide bonds. The molecule has 0 fully saturated rings. The van der Waals surface area contributed by atoms with E-state index in [9.17, 15) is 0 Å². The Morgan fingerprint density at radius 2 is 2.06 bits per heavy atom. The molecule has 0 aliphatic carbocycles. The SMILES string of the molecule is CCCc1nc(NN)cc(Sc2ncccn2)n1. The number of hydrogen-bond acceptors (Lipinski definition) is 7. The Morgan fingerprint density at radius 1 is 1.28 bits per heavy atom. The van der Waals surface area contributed by atoms with Gasteiger partial charge in [0.15, 0.2) is 5.16 Å². The third-order valence-electron chi connectivity index (χ3n) is 2.11. The molecule has 0 bridgehead atoms. The highest BCUT2D eigenvalue weighted by atomic mass is 32.2. The smallest absolute Gasteiger partial charge is 0.193 e. The van der Waals surface area contributed by atoms with Gasteiger partial charge in [-0.2, -0.15) is 0 Å². The van der Waals surface area contributed by atoms with Gasteiger partial charge in [0, 0.05) is 24.9 Å². The van der Waals surface area contributed by atoms with Gasteiger partial charge in [-0.3, -0.25) is 0 Å². The first-order valence-electron chi connectivity index (χ1n) is 5.61. The molecule has 6 nitrogen and oxygen atoms in total. The molecule has 0 saturated heterocycles. The Hall–Kier alpha value is -1.73. The number of nitrogen functional groups attached to an aromatic ring is 1. The summed E-state index contributed by atoms with van der Waals surface area (Å²) in [6.45, 7) is 2.08. The fourth-order valence-corrected chi connectivity index (χ4v) is 2.10. The monoisotopic (exact) mass is 262 g/mol. The lowest BCUT2D eigenvalue weighted by atomic mass is 10.3. The van der Waals surface area contributed by atoms with Crippen LogP contribution in [0.2, 0.25) is 0 Å². The number of anilines is 1. The number of nitrogens with two attached hydrogens (primary N) is 1. The van der Waals surface area contributed by atoms with Crippen molar-refractivity contribution in [2.45, 2.75) is 29.9 Å². The first-order chi connectivity index (χ1) is 8.81. The molecular weight excluding hydrogens is 248 g/mol. The van der Waals surface area contributed by atoms with Gasteiger partial charge >= 0.3 is 0 Å². The van der Waals surface area contributed by atoms with Gasteiger partial charge < -0.3 is 5.43 Å². The molecule has 18 heavy (non-hydrogen) atoms. The maximum Gasteiger partial charge on any atom is 0.193 e. The summed E-state index contributed by atoms with van der Waals surface area (Å²) in [5.41, 5.74) is 2.55. The number of hydrogen-bond donors (Lipinski definition) is 2. The fraction of sp³-hybridized carbons (Fsp3) is 0.273. The topological polar surface area (TPSA) is 89.6 Å². The van der Waals surface area contributed by atoms with E-state index in [4.69, 9.17) is 5.84 Å². The molecule has 0 aliphatic heterocycles. The molecule has 7 heteroatoms. The summed E-state index contributed by atoms with van der Waals surface area (Å²) in [6.07, 6.45) is 5.20. The summed E-state index contributed by atoms with van der Waals surface area (Å²) in [5.74, 6) is 6.77. The molecule has 3 N–H and O–H groups in total. The van der Waals surface area contributed by atoms with Crippen molar-refractivity contribution in [1.82, 2.24) is 19.9 Å². The molecule has 0 atom stereocenters. The van der Waals surface area contributed by atoms with E-state index in [2.05, 4.69) is 32.3 Å². The average Bonchev–Trinajstić information content (AvgIpc) is 2.40. The lowest BCUT2D eigenvalue weighted by Gasteiger charge is -2.05. The zero-order valence-electron chi connectivity index (χ0n) is 10.00. The summed E-state index contributed by atoms with van der Waals surface area (Å²) >= 11 is 1.39. The summed E-state index contributed by atoms with van der Waals surface area (Å²) in [7, 11) is 0. The van der Waals surface area contributed by atoms with Crippen molar-refractivity contribution < 1.29 is 0 Å². The molecule has 0 aromatic carbocycles. The first-order valence-corrected chi connectivity index (χ1v) is 6.43. The minimum absolute atomic E-state index is 0.604. The van der Waals surface area contributed by atoms with Crippen LogP contribution >= 0.6 is 11.8 Å². The Kier molecular flexibility index (Phi) is 4.43. The van der Waals surface area contributed by atoms with E-state index in [1.807, 2.05) is 0 Å². The van der Waals surface area contributed by atoms with Gasteiger partial charge in [-0.15, -0.1) is 0 Å². The van der Waals surface area contributed by atoms with Crippen LogP contribution in [0.4, 0.5) is 5.82 Å². The number of rotatable bonds is 5. The normalized spacial score (nSPS) is 10.3. The van der Waals surface area contributed by atoms with Gasteiger partial charge in [0.2, 0.25) is 0 Å². The van der Waals surface area contributed by atoms with E-state index in [1.165, 1.54) is 11.8 Å². The fourth-order valence-electron chi connectivity index (χ4n) is 1.37. The Bertz CT molecular complexity index is 504. The number of nitrogens with one attached hydrogen (secondary N) is 1. The average molecular weight is 262 g/mol. The van der Waals surface area contributed by atoms with Crippen LogP contribution in [0.1, 0.15) is 19.2 Å². The second-order valence-corrected chi connectivity index (χ2v) is 4.52. The largest absolute Gasteiger partial charge is 0.308 e. The lowest BCUT2D eigenvalue weighted by Crippen LogP contribution is -2.10. The van der Waals surface area contributed by atoms with Crippen molar-refractivity contribution in [2.24, 2.45) is 5.84 Å². The van der Waals surface area contributed by atoms with Crippen LogP contribution in [-0.2, 0) is 6.42 Å². The highest BCUT2D eigenvalue weighted by Crippen LogP contribution is 2.23. The van der Waals surface area contributed by atoms with E-state index in [1.54, 1.807) is 24.5 Å².